The lowest BCUT2D eigenvalue weighted by Crippen LogP contribution is -2.29. The van der Waals surface area contributed by atoms with E-state index in [1.54, 1.807) is 54.9 Å². The van der Waals surface area contributed by atoms with Crippen LogP contribution in [0.25, 0.3) is 5.76 Å². The highest BCUT2D eigenvalue weighted by Gasteiger charge is 2.46. The number of hydrogen-bond acceptors (Lipinski definition) is 6. The molecule has 2 heterocycles. The molecular formula is C33H30N2O5. The molecule has 0 bridgehead atoms. The Balaban J connectivity index is 1.58. The van der Waals surface area contributed by atoms with Crippen molar-refractivity contribution in [2.45, 2.75) is 33.0 Å². The van der Waals surface area contributed by atoms with Gasteiger partial charge >= 0.3 is 0 Å². The second-order valence-corrected chi connectivity index (χ2v) is 9.56. The lowest BCUT2D eigenvalue weighted by molar-refractivity contribution is -0.140. The van der Waals surface area contributed by atoms with Crippen LogP contribution in [-0.2, 0) is 22.7 Å². The minimum atomic E-state index is -0.836. The summed E-state index contributed by atoms with van der Waals surface area (Å²) in [4.78, 5) is 32.4. The number of Topliss-reactive ketones (excluding diaryl/α,β-unsaturated/α-hetero) is 1. The molecule has 5 rings (SSSR count). The van der Waals surface area contributed by atoms with Gasteiger partial charge in [0.2, 0.25) is 0 Å². The number of likely N-dealkylation sites (tertiary alicyclic amines) is 1. The first-order valence-corrected chi connectivity index (χ1v) is 13.1. The molecule has 0 spiro atoms. The highest BCUT2D eigenvalue weighted by Crippen LogP contribution is 2.43. The molecule has 1 fully saturated rings. The average molecular weight is 535 g/mol. The van der Waals surface area contributed by atoms with Gasteiger partial charge in [0.15, 0.2) is 11.5 Å². The van der Waals surface area contributed by atoms with Crippen molar-refractivity contribution in [2.24, 2.45) is 0 Å². The molecule has 1 aliphatic rings. The van der Waals surface area contributed by atoms with E-state index in [1.807, 2.05) is 56.3 Å². The van der Waals surface area contributed by atoms with Crippen LogP contribution in [-0.4, -0.2) is 33.3 Å². The Morgan fingerprint density at radius 2 is 1.60 bits per heavy atom. The van der Waals surface area contributed by atoms with Crippen LogP contribution in [0.3, 0.4) is 0 Å². The van der Waals surface area contributed by atoms with E-state index >= 15 is 0 Å². The number of aliphatic hydroxyl groups is 1. The molecule has 40 heavy (non-hydrogen) atoms. The summed E-state index contributed by atoms with van der Waals surface area (Å²) in [6.45, 7) is 4.73. The molecule has 1 aliphatic heterocycles. The van der Waals surface area contributed by atoms with Crippen LogP contribution in [0.5, 0.6) is 11.5 Å². The number of benzene rings is 3. The minimum Gasteiger partial charge on any atom is -0.507 e. The van der Waals surface area contributed by atoms with Gasteiger partial charge in [-0.3, -0.25) is 14.6 Å². The number of aryl methyl sites for hydroxylation is 1. The van der Waals surface area contributed by atoms with E-state index in [4.69, 9.17) is 9.47 Å². The van der Waals surface area contributed by atoms with E-state index in [0.717, 1.165) is 16.7 Å². The number of ketones is 1. The molecule has 1 saturated heterocycles. The summed E-state index contributed by atoms with van der Waals surface area (Å²) in [5.41, 5.74) is 3.95. The van der Waals surface area contributed by atoms with Gasteiger partial charge in [-0.15, -0.1) is 0 Å². The molecule has 7 nitrogen and oxygen atoms in total. The van der Waals surface area contributed by atoms with Crippen molar-refractivity contribution in [1.82, 2.24) is 9.88 Å². The number of carbonyl (C=O) groups excluding carboxylic acids is 2. The summed E-state index contributed by atoms with van der Waals surface area (Å²) in [6.07, 6.45) is 3.28. The summed E-state index contributed by atoms with van der Waals surface area (Å²) in [7, 11) is 0. The number of aliphatic hydroxyl groups excluding tert-OH is 1. The zero-order valence-electron chi connectivity index (χ0n) is 22.4. The second kappa shape index (κ2) is 11.9. The van der Waals surface area contributed by atoms with Crippen LogP contribution in [0.2, 0.25) is 0 Å². The monoisotopic (exact) mass is 534 g/mol. The fourth-order valence-corrected chi connectivity index (χ4v) is 4.76. The zero-order valence-corrected chi connectivity index (χ0v) is 22.4. The summed E-state index contributed by atoms with van der Waals surface area (Å²) in [5, 5.41) is 11.4. The molecule has 1 atom stereocenters. The molecule has 1 amide bonds. The largest absolute Gasteiger partial charge is 0.507 e. The van der Waals surface area contributed by atoms with Crippen molar-refractivity contribution in [3.05, 3.63) is 131 Å². The van der Waals surface area contributed by atoms with Crippen molar-refractivity contribution in [3.63, 3.8) is 0 Å². The quantitative estimate of drug-likeness (QED) is 0.161. The SMILES string of the molecule is CCOc1cc(C2C(=C(O)c3ccc(C)cc3)C(=O)C(=O)N2Cc2ccncc2)ccc1OCc1ccccc1. The Kier molecular flexibility index (Phi) is 7.92. The molecule has 202 valence electrons. The molecular weight excluding hydrogens is 504 g/mol. The molecule has 4 aromatic rings. The predicted molar refractivity (Wildman–Crippen MR) is 152 cm³/mol. The highest BCUT2D eigenvalue weighted by molar-refractivity contribution is 6.46. The van der Waals surface area contributed by atoms with E-state index in [0.29, 0.717) is 35.8 Å². The van der Waals surface area contributed by atoms with Gasteiger partial charge in [0.25, 0.3) is 11.7 Å². The third kappa shape index (κ3) is 5.59. The van der Waals surface area contributed by atoms with Gasteiger partial charge in [-0.05, 0) is 54.8 Å². The Morgan fingerprint density at radius 3 is 2.30 bits per heavy atom. The molecule has 3 aromatic carbocycles. The zero-order chi connectivity index (χ0) is 28.1. The van der Waals surface area contributed by atoms with Crippen LogP contribution in [0, 0.1) is 6.92 Å². The van der Waals surface area contributed by atoms with Crippen molar-refractivity contribution in [1.29, 1.82) is 0 Å². The normalized spacial score (nSPS) is 16.2. The summed E-state index contributed by atoms with van der Waals surface area (Å²) >= 11 is 0. The fourth-order valence-electron chi connectivity index (χ4n) is 4.76. The van der Waals surface area contributed by atoms with Gasteiger partial charge in [0.05, 0.1) is 18.2 Å². The summed E-state index contributed by atoms with van der Waals surface area (Å²) < 4.78 is 12.0. The van der Waals surface area contributed by atoms with E-state index in [-0.39, 0.29) is 17.9 Å². The van der Waals surface area contributed by atoms with Crippen molar-refractivity contribution in [2.75, 3.05) is 6.61 Å². The lowest BCUT2D eigenvalue weighted by atomic mass is 9.94. The Hall–Kier alpha value is -4.91. The Labute approximate surface area is 233 Å². The molecule has 0 aliphatic carbocycles. The average Bonchev–Trinajstić information content (AvgIpc) is 3.22. The first-order valence-electron chi connectivity index (χ1n) is 13.1. The standard InChI is InChI=1S/C33H30N2O5/c1-3-39-28-19-26(13-14-27(28)40-21-24-7-5-4-6-8-24)30-29(31(36)25-11-9-22(2)10-12-25)32(37)33(38)35(30)20-23-15-17-34-18-16-23/h4-19,30,36H,3,20-21H2,1-2H3. The maximum absolute atomic E-state index is 13.4. The van der Waals surface area contributed by atoms with Gasteiger partial charge in [-0.2, -0.15) is 0 Å². The fraction of sp³-hybridized carbons (Fsp3) is 0.182. The predicted octanol–water partition coefficient (Wildman–Crippen LogP) is 5.99. The van der Waals surface area contributed by atoms with Crippen molar-refractivity contribution >= 4 is 17.4 Å². The van der Waals surface area contributed by atoms with E-state index < -0.39 is 17.7 Å². The van der Waals surface area contributed by atoms with Gasteiger partial charge in [-0.1, -0.05) is 66.2 Å². The number of pyridine rings is 1. The lowest BCUT2D eigenvalue weighted by Gasteiger charge is -2.26. The van der Waals surface area contributed by atoms with Crippen molar-refractivity contribution < 1.29 is 24.2 Å². The third-order valence-corrected chi connectivity index (χ3v) is 6.79. The van der Waals surface area contributed by atoms with Crippen LogP contribution in [0.4, 0.5) is 0 Å². The van der Waals surface area contributed by atoms with Gasteiger partial charge < -0.3 is 19.5 Å². The smallest absolute Gasteiger partial charge is 0.295 e. The first kappa shape index (κ1) is 26.7. The van der Waals surface area contributed by atoms with Crippen LogP contribution in [0.15, 0.2) is 103 Å². The van der Waals surface area contributed by atoms with Crippen LogP contribution < -0.4 is 9.47 Å². The first-order chi connectivity index (χ1) is 19.5. The number of aromatic nitrogens is 1. The maximum Gasteiger partial charge on any atom is 0.295 e. The highest BCUT2D eigenvalue weighted by atomic mass is 16.5. The van der Waals surface area contributed by atoms with E-state index in [2.05, 4.69) is 4.98 Å². The summed E-state index contributed by atoms with van der Waals surface area (Å²) in [5.74, 6) is -0.611. The third-order valence-electron chi connectivity index (χ3n) is 6.79. The number of ether oxygens (including phenoxy) is 2. The van der Waals surface area contributed by atoms with E-state index in [9.17, 15) is 14.7 Å². The molecule has 1 unspecified atom stereocenters. The molecule has 0 radical (unpaired) electrons. The Bertz CT molecular complexity index is 1530. The van der Waals surface area contributed by atoms with Gasteiger partial charge in [-0.25, -0.2) is 0 Å². The number of rotatable bonds is 9. The molecule has 7 heteroatoms. The Morgan fingerprint density at radius 1 is 0.875 bits per heavy atom. The number of hydrogen-bond donors (Lipinski definition) is 1. The van der Waals surface area contributed by atoms with Gasteiger partial charge in [0, 0.05) is 24.5 Å². The summed E-state index contributed by atoms with van der Waals surface area (Å²) in [6, 6.07) is 25.1. The van der Waals surface area contributed by atoms with Crippen molar-refractivity contribution in [3.8, 4) is 11.5 Å². The second-order valence-electron chi connectivity index (χ2n) is 9.56. The molecule has 1 aromatic heterocycles. The maximum atomic E-state index is 13.4. The molecule has 0 saturated carbocycles. The van der Waals surface area contributed by atoms with Crippen LogP contribution >= 0.6 is 0 Å². The molecule has 1 N–H and O–H groups in total. The topological polar surface area (TPSA) is 89.0 Å². The number of amides is 1. The number of carbonyl (C=O) groups is 2. The van der Waals surface area contributed by atoms with E-state index in [1.165, 1.54) is 4.90 Å². The van der Waals surface area contributed by atoms with Gasteiger partial charge in [0.1, 0.15) is 12.4 Å². The van der Waals surface area contributed by atoms with Crippen LogP contribution in [0.1, 0.15) is 40.8 Å². The minimum absolute atomic E-state index is 0.0308. The number of nitrogens with zero attached hydrogens (tertiary/aromatic N) is 2.